The lowest BCUT2D eigenvalue weighted by Crippen LogP contribution is -2.17. The molecule has 0 atom stereocenters. The molecule has 0 bridgehead atoms. The number of rotatable bonds is 7. The number of aromatic nitrogens is 4. The molecular weight excluding hydrogens is 274 g/mol. The van der Waals surface area contributed by atoms with Crippen LogP contribution in [-0.4, -0.2) is 26.3 Å². The summed E-state index contributed by atoms with van der Waals surface area (Å²) in [5, 5.41) is 11.1. The molecule has 2 aromatic heterocycles. The Morgan fingerprint density at radius 1 is 1.45 bits per heavy atom. The van der Waals surface area contributed by atoms with Crippen molar-refractivity contribution in [1.29, 1.82) is 0 Å². The van der Waals surface area contributed by atoms with Crippen LogP contribution in [0.1, 0.15) is 43.4 Å². The van der Waals surface area contributed by atoms with Crippen molar-refractivity contribution in [2.45, 2.75) is 46.2 Å². The monoisotopic (exact) mass is 295 g/mol. The SMILES string of the molecule is Cc1[nH]nc(CNCCCn2ccnc2C(C)C)c1Cl. The topological polar surface area (TPSA) is 58.5 Å². The van der Waals surface area contributed by atoms with Crippen LogP contribution in [0.25, 0.3) is 0 Å². The number of nitrogens with zero attached hydrogens (tertiary/aromatic N) is 3. The Hall–Kier alpha value is -1.33. The number of imidazole rings is 1. The van der Waals surface area contributed by atoms with Gasteiger partial charge < -0.3 is 9.88 Å². The van der Waals surface area contributed by atoms with Gasteiger partial charge in [-0.05, 0) is 19.9 Å². The molecule has 20 heavy (non-hydrogen) atoms. The zero-order valence-electron chi connectivity index (χ0n) is 12.3. The van der Waals surface area contributed by atoms with Crippen molar-refractivity contribution in [2.75, 3.05) is 6.54 Å². The van der Waals surface area contributed by atoms with Crippen molar-refractivity contribution in [3.63, 3.8) is 0 Å². The summed E-state index contributed by atoms with van der Waals surface area (Å²) in [5.41, 5.74) is 1.80. The first-order chi connectivity index (χ1) is 9.59. The number of H-pyrrole nitrogens is 1. The van der Waals surface area contributed by atoms with Gasteiger partial charge in [-0.3, -0.25) is 5.10 Å². The maximum atomic E-state index is 6.11. The highest BCUT2D eigenvalue weighted by molar-refractivity contribution is 6.31. The fraction of sp³-hybridized carbons (Fsp3) is 0.571. The van der Waals surface area contributed by atoms with Gasteiger partial charge in [-0.2, -0.15) is 5.10 Å². The predicted molar refractivity (Wildman–Crippen MR) is 81.0 cm³/mol. The lowest BCUT2D eigenvalue weighted by atomic mass is 10.2. The van der Waals surface area contributed by atoms with E-state index in [1.54, 1.807) is 0 Å². The Labute approximate surface area is 124 Å². The molecule has 0 unspecified atom stereocenters. The van der Waals surface area contributed by atoms with E-state index in [0.29, 0.717) is 12.5 Å². The minimum Gasteiger partial charge on any atom is -0.335 e. The van der Waals surface area contributed by atoms with Crippen molar-refractivity contribution >= 4 is 11.6 Å². The Balaban J connectivity index is 1.72. The second-order valence-electron chi connectivity index (χ2n) is 5.27. The van der Waals surface area contributed by atoms with Gasteiger partial charge in [0.25, 0.3) is 0 Å². The van der Waals surface area contributed by atoms with Crippen LogP contribution < -0.4 is 5.32 Å². The first-order valence-electron chi connectivity index (χ1n) is 7.00. The fourth-order valence-electron chi connectivity index (χ4n) is 2.17. The zero-order chi connectivity index (χ0) is 14.5. The van der Waals surface area contributed by atoms with E-state index in [1.165, 1.54) is 0 Å². The quantitative estimate of drug-likeness (QED) is 0.772. The second kappa shape index (κ2) is 6.90. The standard InChI is InChI=1S/C14H22ClN5/c1-10(2)14-17-6-8-20(14)7-4-5-16-9-12-13(15)11(3)18-19-12/h6,8,10,16H,4-5,7,9H2,1-3H3,(H,18,19). The maximum Gasteiger partial charge on any atom is 0.111 e. The largest absolute Gasteiger partial charge is 0.335 e. The molecular formula is C14H22ClN5. The highest BCUT2D eigenvalue weighted by Gasteiger charge is 2.08. The summed E-state index contributed by atoms with van der Waals surface area (Å²) in [4.78, 5) is 4.39. The van der Waals surface area contributed by atoms with Gasteiger partial charge in [-0.15, -0.1) is 0 Å². The van der Waals surface area contributed by atoms with Crippen LogP contribution in [0, 0.1) is 6.92 Å². The normalized spacial score (nSPS) is 11.4. The molecule has 0 radical (unpaired) electrons. The summed E-state index contributed by atoms with van der Waals surface area (Å²) in [5.74, 6) is 1.61. The van der Waals surface area contributed by atoms with E-state index in [4.69, 9.17) is 11.6 Å². The Bertz CT molecular complexity index is 544. The van der Waals surface area contributed by atoms with Crippen LogP contribution in [0.3, 0.4) is 0 Å². The van der Waals surface area contributed by atoms with E-state index in [1.807, 2.05) is 19.3 Å². The van der Waals surface area contributed by atoms with Crippen molar-refractivity contribution in [1.82, 2.24) is 25.1 Å². The van der Waals surface area contributed by atoms with Crippen molar-refractivity contribution in [3.05, 3.63) is 34.6 Å². The highest BCUT2D eigenvalue weighted by Crippen LogP contribution is 2.16. The number of nitrogens with one attached hydrogen (secondary N) is 2. The summed E-state index contributed by atoms with van der Waals surface area (Å²) in [6.45, 7) is 8.86. The van der Waals surface area contributed by atoms with Crippen molar-refractivity contribution < 1.29 is 0 Å². The van der Waals surface area contributed by atoms with E-state index in [0.717, 1.165) is 41.7 Å². The average molecular weight is 296 g/mol. The summed E-state index contributed by atoms with van der Waals surface area (Å²) < 4.78 is 2.22. The lowest BCUT2D eigenvalue weighted by molar-refractivity contribution is 0.551. The molecule has 0 aliphatic carbocycles. The molecule has 0 fully saturated rings. The smallest absolute Gasteiger partial charge is 0.111 e. The third-order valence-corrected chi connectivity index (χ3v) is 3.75. The molecule has 0 amide bonds. The first-order valence-corrected chi connectivity index (χ1v) is 7.38. The number of hydrogen-bond donors (Lipinski definition) is 2. The van der Waals surface area contributed by atoms with Gasteiger partial charge in [-0.25, -0.2) is 4.98 Å². The molecule has 110 valence electrons. The van der Waals surface area contributed by atoms with Gasteiger partial charge in [0.1, 0.15) is 5.82 Å². The Morgan fingerprint density at radius 2 is 2.25 bits per heavy atom. The van der Waals surface area contributed by atoms with Crippen LogP contribution in [0.5, 0.6) is 0 Å². The minimum absolute atomic E-state index is 0.462. The summed E-state index contributed by atoms with van der Waals surface area (Å²) >= 11 is 6.11. The van der Waals surface area contributed by atoms with Crippen LogP contribution in [0.15, 0.2) is 12.4 Å². The minimum atomic E-state index is 0.462. The molecule has 2 rings (SSSR count). The zero-order valence-corrected chi connectivity index (χ0v) is 13.0. The van der Waals surface area contributed by atoms with E-state index < -0.39 is 0 Å². The predicted octanol–water partition coefficient (Wildman–Crippen LogP) is 2.87. The van der Waals surface area contributed by atoms with E-state index in [9.17, 15) is 0 Å². The van der Waals surface area contributed by atoms with Crippen molar-refractivity contribution in [3.8, 4) is 0 Å². The van der Waals surface area contributed by atoms with E-state index >= 15 is 0 Å². The molecule has 6 heteroatoms. The fourth-order valence-corrected chi connectivity index (χ4v) is 2.33. The third kappa shape index (κ3) is 3.61. The number of aromatic amines is 1. The first kappa shape index (κ1) is 15.1. The van der Waals surface area contributed by atoms with E-state index in [-0.39, 0.29) is 0 Å². The summed E-state index contributed by atoms with van der Waals surface area (Å²) in [6.07, 6.45) is 4.97. The Kier molecular flexibility index (Phi) is 5.20. The molecule has 0 aliphatic heterocycles. The molecule has 0 aliphatic rings. The number of halogens is 1. The van der Waals surface area contributed by atoms with Gasteiger partial charge >= 0.3 is 0 Å². The highest BCUT2D eigenvalue weighted by atomic mass is 35.5. The lowest BCUT2D eigenvalue weighted by Gasteiger charge is -2.10. The van der Waals surface area contributed by atoms with Crippen LogP contribution in [0.2, 0.25) is 5.02 Å². The molecule has 2 heterocycles. The molecule has 0 aromatic carbocycles. The average Bonchev–Trinajstić information content (AvgIpc) is 3.00. The molecule has 2 aromatic rings. The number of aryl methyl sites for hydroxylation is 2. The molecule has 0 saturated heterocycles. The van der Waals surface area contributed by atoms with Gasteiger partial charge in [0, 0.05) is 31.4 Å². The van der Waals surface area contributed by atoms with Crippen molar-refractivity contribution in [2.24, 2.45) is 0 Å². The summed E-state index contributed by atoms with van der Waals surface area (Å²) in [7, 11) is 0. The Morgan fingerprint density at radius 3 is 2.90 bits per heavy atom. The van der Waals surface area contributed by atoms with E-state index in [2.05, 4.69) is 38.9 Å². The molecule has 5 nitrogen and oxygen atoms in total. The van der Waals surface area contributed by atoms with Gasteiger partial charge in [0.15, 0.2) is 0 Å². The van der Waals surface area contributed by atoms with Crippen LogP contribution in [0.4, 0.5) is 0 Å². The van der Waals surface area contributed by atoms with Gasteiger partial charge in [-0.1, -0.05) is 25.4 Å². The van der Waals surface area contributed by atoms with Crippen LogP contribution >= 0.6 is 11.6 Å². The third-order valence-electron chi connectivity index (χ3n) is 3.25. The van der Waals surface area contributed by atoms with Gasteiger partial charge in [0.05, 0.1) is 16.4 Å². The second-order valence-corrected chi connectivity index (χ2v) is 5.65. The molecule has 2 N–H and O–H groups in total. The number of hydrogen-bond acceptors (Lipinski definition) is 3. The summed E-state index contributed by atoms with van der Waals surface area (Å²) in [6, 6.07) is 0. The molecule has 0 spiro atoms. The molecule has 0 saturated carbocycles. The van der Waals surface area contributed by atoms with Gasteiger partial charge in [0.2, 0.25) is 0 Å². The maximum absolute atomic E-state index is 6.11. The van der Waals surface area contributed by atoms with Crippen LogP contribution in [-0.2, 0) is 13.1 Å².